The molecule has 4 rings (SSSR count). The van der Waals surface area contributed by atoms with Gasteiger partial charge in [-0.15, -0.1) is 0 Å². The summed E-state index contributed by atoms with van der Waals surface area (Å²) in [4.78, 5) is 23.2. The number of rotatable bonds is 7. The van der Waals surface area contributed by atoms with Gasteiger partial charge in [0.15, 0.2) is 0 Å². The van der Waals surface area contributed by atoms with Gasteiger partial charge in [-0.1, -0.05) is 25.1 Å². The van der Waals surface area contributed by atoms with E-state index in [9.17, 15) is 13.6 Å². The molecule has 0 spiro atoms. The van der Waals surface area contributed by atoms with Crippen LogP contribution in [0, 0.1) is 17.6 Å². The van der Waals surface area contributed by atoms with Gasteiger partial charge in [-0.3, -0.25) is 4.79 Å². The summed E-state index contributed by atoms with van der Waals surface area (Å²) < 4.78 is 32.7. The standard InChI is InChI=1S/C25H26F2N4O2/c1-2-17-3-7-21(8-4-17)33-24-14-23(29-16-30-24)31-11-9-18(10-12-31)25(32)28-15-19-5-6-20(26)13-22(19)27/h3-8,13-14,16,18H,2,9-12,15H2,1H3,(H,28,32). The number of hydrogen-bond donors (Lipinski definition) is 1. The third kappa shape index (κ3) is 5.83. The lowest BCUT2D eigenvalue weighted by Gasteiger charge is -2.32. The average Bonchev–Trinajstić information content (AvgIpc) is 2.84. The molecule has 0 bridgehead atoms. The monoisotopic (exact) mass is 452 g/mol. The van der Waals surface area contributed by atoms with E-state index in [0.717, 1.165) is 18.3 Å². The van der Waals surface area contributed by atoms with Crippen LogP contribution in [-0.4, -0.2) is 29.0 Å². The SMILES string of the molecule is CCc1ccc(Oc2cc(N3CCC(C(=O)NCc4ccc(F)cc4F)CC3)ncn2)cc1. The minimum Gasteiger partial charge on any atom is -0.439 e. The lowest BCUT2D eigenvalue weighted by Crippen LogP contribution is -2.40. The number of carbonyl (C=O) groups is 1. The molecule has 1 amide bonds. The van der Waals surface area contributed by atoms with E-state index < -0.39 is 11.6 Å². The van der Waals surface area contributed by atoms with Gasteiger partial charge in [0.1, 0.15) is 29.5 Å². The molecule has 0 aliphatic carbocycles. The molecule has 6 nitrogen and oxygen atoms in total. The maximum Gasteiger partial charge on any atom is 0.224 e. The second kappa shape index (κ2) is 10.4. The molecule has 1 saturated heterocycles. The van der Waals surface area contributed by atoms with E-state index >= 15 is 0 Å². The Hall–Kier alpha value is -3.55. The highest BCUT2D eigenvalue weighted by Crippen LogP contribution is 2.26. The number of ether oxygens (including phenoxy) is 1. The zero-order valence-corrected chi connectivity index (χ0v) is 18.4. The molecule has 0 unspecified atom stereocenters. The minimum atomic E-state index is -0.659. The predicted octanol–water partition coefficient (Wildman–Crippen LogP) is 4.64. The maximum atomic E-state index is 13.8. The number of anilines is 1. The molecule has 1 N–H and O–H groups in total. The van der Waals surface area contributed by atoms with Crippen molar-refractivity contribution in [2.75, 3.05) is 18.0 Å². The van der Waals surface area contributed by atoms with Gasteiger partial charge in [0.05, 0.1) is 0 Å². The number of halogens is 2. The van der Waals surface area contributed by atoms with Crippen molar-refractivity contribution in [2.24, 2.45) is 5.92 Å². The summed E-state index contributed by atoms with van der Waals surface area (Å²) in [5.41, 5.74) is 1.50. The fraction of sp³-hybridized carbons (Fsp3) is 0.320. The Morgan fingerprint density at radius 1 is 1.09 bits per heavy atom. The summed E-state index contributed by atoms with van der Waals surface area (Å²) in [6, 6.07) is 13.0. The minimum absolute atomic E-state index is 0.0387. The molecule has 1 aliphatic rings. The fourth-order valence-corrected chi connectivity index (χ4v) is 3.84. The summed E-state index contributed by atoms with van der Waals surface area (Å²) in [5.74, 6) is 0.337. The van der Waals surface area contributed by atoms with Crippen LogP contribution < -0.4 is 15.0 Å². The topological polar surface area (TPSA) is 67.3 Å². The molecule has 8 heteroatoms. The molecule has 0 saturated carbocycles. The van der Waals surface area contributed by atoms with Crippen molar-refractivity contribution in [3.8, 4) is 11.6 Å². The summed E-state index contributed by atoms with van der Waals surface area (Å²) in [7, 11) is 0. The number of amides is 1. The van der Waals surface area contributed by atoms with Crippen LogP contribution in [0.25, 0.3) is 0 Å². The maximum absolute atomic E-state index is 13.8. The van der Waals surface area contributed by atoms with Gasteiger partial charge in [0, 0.05) is 43.2 Å². The van der Waals surface area contributed by atoms with Gasteiger partial charge in [-0.2, -0.15) is 0 Å². The number of carbonyl (C=O) groups excluding carboxylic acids is 1. The quantitative estimate of drug-likeness (QED) is 0.566. The Morgan fingerprint density at radius 3 is 2.55 bits per heavy atom. The van der Waals surface area contributed by atoms with Crippen molar-refractivity contribution >= 4 is 11.7 Å². The number of piperidine rings is 1. The molecule has 2 aromatic carbocycles. The first-order valence-electron chi connectivity index (χ1n) is 11.1. The van der Waals surface area contributed by atoms with E-state index in [1.165, 1.54) is 24.0 Å². The molecule has 0 radical (unpaired) electrons. The van der Waals surface area contributed by atoms with Crippen LogP contribution in [0.4, 0.5) is 14.6 Å². The number of aryl methyl sites for hydroxylation is 1. The van der Waals surface area contributed by atoms with Crippen LogP contribution in [0.1, 0.15) is 30.9 Å². The van der Waals surface area contributed by atoms with Gasteiger partial charge in [-0.25, -0.2) is 18.7 Å². The number of aromatic nitrogens is 2. The number of benzene rings is 2. The first kappa shape index (κ1) is 22.6. The van der Waals surface area contributed by atoms with Crippen molar-refractivity contribution in [3.63, 3.8) is 0 Å². The number of nitrogens with one attached hydrogen (secondary N) is 1. The molecular formula is C25H26F2N4O2. The van der Waals surface area contributed by atoms with E-state index in [4.69, 9.17) is 4.74 Å². The molecule has 0 atom stereocenters. The highest BCUT2D eigenvalue weighted by Gasteiger charge is 2.26. The van der Waals surface area contributed by atoms with E-state index in [0.29, 0.717) is 37.6 Å². The fourth-order valence-electron chi connectivity index (χ4n) is 3.84. The van der Waals surface area contributed by atoms with Crippen molar-refractivity contribution in [2.45, 2.75) is 32.7 Å². The molecule has 1 aliphatic heterocycles. The Bertz CT molecular complexity index is 1100. The van der Waals surface area contributed by atoms with Crippen molar-refractivity contribution in [1.29, 1.82) is 0 Å². The van der Waals surface area contributed by atoms with Gasteiger partial charge < -0.3 is 15.0 Å². The molecule has 3 aromatic rings. The largest absolute Gasteiger partial charge is 0.439 e. The molecule has 2 heterocycles. The van der Waals surface area contributed by atoms with Crippen LogP contribution >= 0.6 is 0 Å². The van der Waals surface area contributed by atoms with Gasteiger partial charge in [-0.05, 0) is 43.0 Å². The summed E-state index contributed by atoms with van der Waals surface area (Å²) in [5, 5.41) is 2.76. The van der Waals surface area contributed by atoms with Crippen LogP contribution in [-0.2, 0) is 17.8 Å². The molecule has 172 valence electrons. The van der Waals surface area contributed by atoms with Crippen molar-refractivity contribution in [3.05, 3.63) is 77.6 Å². The zero-order valence-electron chi connectivity index (χ0n) is 18.4. The van der Waals surface area contributed by atoms with Crippen LogP contribution in [0.15, 0.2) is 54.9 Å². The highest BCUT2D eigenvalue weighted by atomic mass is 19.1. The summed E-state index contributed by atoms with van der Waals surface area (Å²) >= 11 is 0. The second-order valence-electron chi connectivity index (χ2n) is 8.03. The zero-order chi connectivity index (χ0) is 23.2. The third-order valence-electron chi connectivity index (χ3n) is 5.84. The molecular weight excluding hydrogens is 426 g/mol. The third-order valence-corrected chi connectivity index (χ3v) is 5.84. The van der Waals surface area contributed by atoms with Crippen LogP contribution in [0.2, 0.25) is 0 Å². The smallest absolute Gasteiger partial charge is 0.224 e. The van der Waals surface area contributed by atoms with Crippen molar-refractivity contribution < 1.29 is 18.3 Å². The lowest BCUT2D eigenvalue weighted by atomic mass is 9.96. The first-order chi connectivity index (χ1) is 16.0. The Kier molecular flexibility index (Phi) is 7.12. The molecule has 1 aromatic heterocycles. The van der Waals surface area contributed by atoms with E-state index in [1.54, 1.807) is 6.07 Å². The molecule has 33 heavy (non-hydrogen) atoms. The summed E-state index contributed by atoms with van der Waals surface area (Å²) in [6.45, 7) is 3.46. The van der Waals surface area contributed by atoms with Gasteiger partial charge >= 0.3 is 0 Å². The average molecular weight is 453 g/mol. The Labute approximate surface area is 191 Å². The highest BCUT2D eigenvalue weighted by molar-refractivity contribution is 5.79. The van der Waals surface area contributed by atoms with Crippen LogP contribution in [0.3, 0.4) is 0 Å². The van der Waals surface area contributed by atoms with Gasteiger partial charge in [0.25, 0.3) is 0 Å². The van der Waals surface area contributed by atoms with E-state index in [2.05, 4.69) is 27.1 Å². The normalized spacial score (nSPS) is 14.2. The van der Waals surface area contributed by atoms with Gasteiger partial charge in [0.2, 0.25) is 11.8 Å². The Balaban J connectivity index is 1.30. The van der Waals surface area contributed by atoms with E-state index in [-0.39, 0.29) is 23.9 Å². The predicted molar refractivity (Wildman–Crippen MR) is 121 cm³/mol. The lowest BCUT2D eigenvalue weighted by molar-refractivity contribution is -0.125. The summed E-state index contributed by atoms with van der Waals surface area (Å²) in [6.07, 6.45) is 3.74. The second-order valence-corrected chi connectivity index (χ2v) is 8.03. The molecule has 1 fully saturated rings. The number of nitrogens with zero attached hydrogens (tertiary/aromatic N) is 3. The number of hydrogen-bond acceptors (Lipinski definition) is 5. The Morgan fingerprint density at radius 2 is 1.85 bits per heavy atom. The van der Waals surface area contributed by atoms with Crippen molar-refractivity contribution in [1.82, 2.24) is 15.3 Å². The van der Waals surface area contributed by atoms with E-state index in [1.807, 2.05) is 24.3 Å². The first-order valence-corrected chi connectivity index (χ1v) is 11.1. The van der Waals surface area contributed by atoms with Crippen LogP contribution in [0.5, 0.6) is 11.6 Å².